The number of rotatable bonds is 4. The molecule has 3 N–H and O–H groups in total. The Balaban J connectivity index is 2.44. The largest absolute Gasteiger partial charge is 0.308 e. The maximum atomic E-state index is 13.7. The smallest absolute Gasteiger partial charge is 0.147 e. The number of nitrogens with one attached hydrogen (secondary N) is 1. The van der Waals surface area contributed by atoms with E-state index >= 15 is 0 Å². The van der Waals surface area contributed by atoms with E-state index in [1.807, 2.05) is 6.92 Å². The van der Waals surface area contributed by atoms with E-state index in [2.05, 4.69) is 15.4 Å². The lowest BCUT2D eigenvalue weighted by Crippen LogP contribution is -2.13. The van der Waals surface area contributed by atoms with Crippen LogP contribution in [-0.2, 0) is 6.42 Å². The Morgan fingerprint density at radius 1 is 1.30 bits per heavy atom. The SMILES string of the molecule is CCc1nc(NN)c(C)c(Sc2cc(F)ccc2F)n1. The van der Waals surface area contributed by atoms with Gasteiger partial charge in [-0.15, -0.1) is 0 Å². The minimum Gasteiger partial charge on any atom is -0.308 e. The van der Waals surface area contributed by atoms with Gasteiger partial charge in [0.25, 0.3) is 0 Å². The molecule has 0 bridgehead atoms. The molecule has 0 amide bonds. The molecule has 0 radical (unpaired) electrons. The number of hydrazine groups is 1. The van der Waals surface area contributed by atoms with E-state index in [4.69, 9.17) is 5.84 Å². The molecule has 0 saturated carbocycles. The molecular weight excluding hydrogens is 282 g/mol. The maximum Gasteiger partial charge on any atom is 0.147 e. The average Bonchev–Trinajstić information content (AvgIpc) is 2.45. The van der Waals surface area contributed by atoms with E-state index in [1.165, 1.54) is 0 Å². The Bertz CT molecular complexity index is 634. The monoisotopic (exact) mass is 296 g/mol. The Kier molecular flexibility index (Phi) is 4.51. The van der Waals surface area contributed by atoms with Crippen LogP contribution in [0.1, 0.15) is 18.3 Å². The minimum absolute atomic E-state index is 0.178. The van der Waals surface area contributed by atoms with Crippen molar-refractivity contribution in [2.75, 3.05) is 5.43 Å². The van der Waals surface area contributed by atoms with E-state index in [0.717, 1.165) is 30.0 Å². The molecule has 1 aromatic heterocycles. The highest BCUT2D eigenvalue weighted by Crippen LogP contribution is 2.33. The summed E-state index contributed by atoms with van der Waals surface area (Å²) in [6.45, 7) is 3.68. The standard InChI is InChI=1S/C13H14F2N4S/c1-3-11-17-12(19-16)7(2)13(18-11)20-10-6-8(14)4-5-9(10)15/h4-6H,3,16H2,1-2H3,(H,17,18,19). The third-order valence-corrected chi connectivity index (χ3v) is 3.82. The Morgan fingerprint density at radius 2 is 2.05 bits per heavy atom. The van der Waals surface area contributed by atoms with Crippen LogP contribution in [-0.4, -0.2) is 9.97 Å². The molecule has 0 aliphatic heterocycles. The first-order valence-electron chi connectivity index (χ1n) is 6.02. The van der Waals surface area contributed by atoms with Gasteiger partial charge in [-0.2, -0.15) is 0 Å². The molecule has 0 fully saturated rings. The highest BCUT2D eigenvalue weighted by molar-refractivity contribution is 7.99. The summed E-state index contributed by atoms with van der Waals surface area (Å²) >= 11 is 1.05. The van der Waals surface area contributed by atoms with Crippen molar-refractivity contribution in [2.24, 2.45) is 5.84 Å². The van der Waals surface area contributed by atoms with Crippen LogP contribution >= 0.6 is 11.8 Å². The van der Waals surface area contributed by atoms with Crippen molar-refractivity contribution in [3.8, 4) is 0 Å². The van der Waals surface area contributed by atoms with Crippen LogP contribution in [0.2, 0.25) is 0 Å². The van der Waals surface area contributed by atoms with Crippen molar-refractivity contribution in [2.45, 2.75) is 30.2 Å². The third kappa shape index (κ3) is 3.05. The normalized spacial score (nSPS) is 10.7. The number of halogens is 2. The molecule has 0 saturated heterocycles. The van der Waals surface area contributed by atoms with Gasteiger partial charge in [0.2, 0.25) is 0 Å². The van der Waals surface area contributed by atoms with Gasteiger partial charge in [-0.3, -0.25) is 0 Å². The Hall–Kier alpha value is -1.73. The lowest BCUT2D eigenvalue weighted by molar-refractivity contribution is 0.577. The van der Waals surface area contributed by atoms with Crippen LogP contribution in [0.25, 0.3) is 0 Å². The van der Waals surface area contributed by atoms with Gasteiger partial charge in [-0.05, 0) is 25.1 Å². The zero-order chi connectivity index (χ0) is 14.7. The quantitative estimate of drug-likeness (QED) is 0.516. The summed E-state index contributed by atoms with van der Waals surface area (Å²) in [5.74, 6) is 5.49. The van der Waals surface area contributed by atoms with Gasteiger partial charge in [0.1, 0.15) is 28.3 Å². The number of hydrogen-bond donors (Lipinski definition) is 2. The fourth-order valence-corrected chi connectivity index (χ4v) is 2.54. The molecule has 2 aromatic rings. The molecule has 106 valence electrons. The van der Waals surface area contributed by atoms with E-state index in [-0.39, 0.29) is 4.90 Å². The summed E-state index contributed by atoms with van der Waals surface area (Å²) in [5.41, 5.74) is 3.18. The summed E-state index contributed by atoms with van der Waals surface area (Å²) in [7, 11) is 0. The zero-order valence-electron chi connectivity index (χ0n) is 11.1. The number of aromatic nitrogens is 2. The van der Waals surface area contributed by atoms with Gasteiger partial charge in [0.05, 0.1) is 4.90 Å². The van der Waals surface area contributed by atoms with E-state index in [0.29, 0.717) is 28.7 Å². The Labute approximate surface area is 119 Å². The molecule has 0 aliphatic carbocycles. The average molecular weight is 296 g/mol. The number of nitrogens with zero attached hydrogens (tertiary/aromatic N) is 2. The predicted octanol–water partition coefficient (Wildman–Crippen LogP) is 3.06. The van der Waals surface area contributed by atoms with Gasteiger partial charge >= 0.3 is 0 Å². The molecule has 0 atom stereocenters. The third-order valence-electron chi connectivity index (χ3n) is 2.70. The Morgan fingerprint density at radius 3 is 2.70 bits per heavy atom. The molecule has 7 heteroatoms. The molecule has 0 unspecified atom stereocenters. The number of anilines is 1. The summed E-state index contributed by atoms with van der Waals surface area (Å²) in [6, 6.07) is 3.32. The molecule has 0 spiro atoms. The zero-order valence-corrected chi connectivity index (χ0v) is 11.9. The summed E-state index contributed by atoms with van der Waals surface area (Å²) in [6.07, 6.45) is 0.619. The topological polar surface area (TPSA) is 63.8 Å². The number of hydrogen-bond acceptors (Lipinski definition) is 5. The number of nitrogen functional groups attached to an aromatic ring is 1. The van der Waals surface area contributed by atoms with Crippen molar-refractivity contribution in [1.29, 1.82) is 0 Å². The number of benzene rings is 1. The number of nitrogens with two attached hydrogens (primary N) is 1. The van der Waals surface area contributed by atoms with Crippen LogP contribution in [0.4, 0.5) is 14.6 Å². The fraction of sp³-hybridized carbons (Fsp3) is 0.231. The predicted molar refractivity (Wildman–Crippen MR) is 74.4 cm³/mol. The van der Waals surface area contributed by atoms with Crippen LogP contribution < -0.4 is 11.3 Å². The lowest BCUT2D eigenvalue weighted by Gasteiger charge is -2.11. The summed E-state index contributed by atoms with van der Waals surface area (Å²) in [5, 5.41) is 0.550. The molecule has 1 aromatic carbocycles. The first-order chi connectivity index (χ1) is 9.55. The van der Waals surface area contributed by atoms with Gasteiger partial charge in [0.15, 0.2) is 0 Å². The molecular formula is C13H14F2N4S. The van der Waals surface area contributed by atoms with Crippen molar-refractivity contribution < 1.29 is 8.78 Å². The second-order valence-electron chi connectivity index (χ2n) is 4.09. The van der Waals surface area contributed by atoms with Gasteiger partial charge in [-0.1, -0.05) is 18.7 Å². The van der Waals surface area contributed by atoms with Crippen molar-refractivity contribution >= 4 is 17.6 Å². The van der Waals surface area contributed by atoms with Crippen molar-refractivity contribution in [3.05, 3.63) is 41.2 Å². The molecule has 1 heterocycles. The van der Waals surface area contributed by atoms with Crippen LogP contribution in [0.5, 0.6) is 0 Å². The second kappa shape index (κ2) is 6.15. The maximum absolute atomic E-state index is 13.7. The first-order valence-corrected chi connectivity index (χ1v) is 6.83. The van der Waals surface area contributed by atoms with Crippen molar-refractivity contribution in [3.63, 3.8) is 0 Å². The summed E-state index contributed by atoms with van der Waals surface area (Å²) in [4.78, 5) is 8.73. The van der Waals surface area contributed by atoms with E-state index in [9.17, 15) is 8.78 Å². The van der Waals surface area contributed by atoms with Gasteiger partial charge < -0.3 is 5.43 Å². The van der Waals surface area contributed by atoms with E-state index in [1.54, 1.807) is 6.92 Å². The fourth-order valence-electron chi connectivity index (χ4n) is 1.60. The number of aryl methyl sites for hydroxylation is 1. The van der Waals surface area contributed by atoms with E-state index < -0.39 is 11.6 Å². The molecule has 20 heavy (non-hydrogen) atoms. The van der Waals surface area contributed by atoms with Gasteiger partial charge in [0, 0.05) is 12.0 Å². The molecule has 4 nitrogen and oxygen atoms in total. The highest BCUT2D eigenvalue weighted by atomic mass is 32.2. The second-order valence-corrected chi connectivity index (χ2v) is 5.12. The van der Waals surface area contributed by atoms with Crippen molar-refractivity contribution in [1.82, 2.24) is 9.97 Å². The molecule has 0 aliphatic rings. The lowest BCUT2D eigenvalue weighted by atomic mass is 10.3. The minimum atomic E-state index is -0.492. The van der Waals surface area contributed by atoms with Gasteiger partial charge in [-0.25, -0.2) is 24.6 Å². The van der Waals surface area contributed by atoms with Crippen LogP contribution in [0, 0.1) is 18.6 Å². The highest BCUT2D eigenvalue weighted by Gasteiger charge is 2.13. The molecule has 2 rings (SSSR count). The van der Waals surface area contributed by atoms with Crippen LogP contribution in [0.3, 0.4) is 0 Å². The summed E-state index contributed by atoms with van der Waals surface area (Å²) < 4.78 is 26.9. The van der Waals surface area contributed by atoms with Crippen LogP contribution in [0.15, 0.2) is 28.1 Å². The first kappa shape index (κ1) is 14.7.